The van der Waals surface area contributed by atoms with Crippen LogP contribution in [0.2, 0.25) is 0 Å². The van der Waals surface area contributed by atoms with Gasteiger partial charge in [-0.3, -0.25) is 15.4 Å². The van der Waals surface area contributed by atoms with E-state index in [1.807, 2.05) is 0 Å². The fourth-order valence-corrected chi connectivity index (χ4v) is 2.81. The molecule has 0 aliphatic carbocycles. The SMILES string of the molecule is O=C(O)[C@H]1N[C@H](c2ccccc2[N+](=O)[O-])CS1. The summed E-state index contributed by atoms with van der Waals surface area (Å²) in [6, 6.07) is 6.10. The first-order chi connectivity index (χ1) is 8.09. The van der Waals surface area contributed by atoms with Gasteiger partial charge < -0.3 is 5.11 Å². The fourth-order valence-electron chi connectivity index (χ4n) is 1.74. The van der Waals surface area contributed by atoms with E-state index < -0.39 is 16.3 Å². The monoisotopic (exact) mass is 254 g/mol. The first kappa shape index (κ1) is 11.9. The maximum absolute atomic E-state index is 10.8. The third kappa shape index (κ3) is 2.40. The molecule has 7 heteroatoms. The van der Waals surface area contributed by atoms with E-state index >= 15 is 0 Å². The fraction of sp³-hybridized carbons (Fsp3) is 0.300. The number of nitro groups is 1. The molecule has 0 aromatic heterocycles. The average molecular weight is 254 g/mol. The Morgan fingerprint density at radius 3 is 2.82 bits per heavy atom. The van der Waals surface area contributed by atoms with Gasteiger partial charge in [0.2, 0.25) is 0 Å². The van der Waals surface area contributed by atoms with Crippen LogP contribution in [-0.4, -0.2) is 27.1 Å². The van der Waals surface area contributed by atoms with Crippen molar-refractivity contribution in [3.8, 4) is 0 Å². The summed E-state index contributed by atoms with van der Waals surface area (Å²) in [7, 11) is 0. The van der Waals surface area contributed by atoms with Gasteiger partial charge in [-0.15, -0.1) is 11.8 Å². The molecule has 6 nitrogen and oxygen atoms in total. The van der Waals surface area contributed by atoms with Crippen molar-refractivity contribution in [3.05, 3.63) is 39.9 Å². The molecule has 0 amide bonds. The van der Waals surface area contributed by atoms with Crippen molar-refractivity contribution in [2.75, 3.05) is 5.75 Å². The summed E-state index contributed by atoms with van der Waals surface area (Å²) >= 11 is 1.24. The van der Waals surface area contributed by atoms with E-state index in [2.05, 4.69) is 5.32 Å². The number of nitrogens with zero attached hydrogens (tertiary/aromatic N) is 1. The Hall–Kier alpha value is -1.60. The summed E-state index contributed by atoms with van der Waals surface area (Å²) in [5.74, 6) is -0.432. The summed E-state index contributed by atoms with van der Waals surface area (Å²) in [6.07, 6.45) is 0. The predicted molar refractivity (Wildman–Crippen MR) is 62.9 cm³/mol. The van der Waals surface area contributed by atoms with Gasteiger partial charge in [-0.1, -0.05) is 18.2 Å². The Kier molecular flexibility index (Phi) is 3.30. The zero-order chi connectivity index (χ0) is 12.4. The number of carboxylic acids is 1. The van der Waals surface area contributed by atoms with Crippen molar-refractivity contribution in [1.29, 1.82) is 0 Å². The normalized spacial score (nSPS) is 23.5. The lowest BCUT2D eigenvalue weighted by Gasteiger charge is -2.11. The molecule has 1 aliphatic heterocycles. The minimum atomic E-state index is -0.948. The number of hydrogen-bond donors (Lipinski definition) is 2. The molecule has 1 aromatic rings. The van der Waals surface area contributed by atoms with Crippen LogP contribution in [0.4, 0.5) is 5.69 Å². The molecule has 2 atom stereocenters. The van der Waals surface area contributed by atoms with Crippen LogP contribution in [-0.2, 0) is 4.79 Å². The molecule has 1 saturated heterocycles. The molecule has 90 valence electrons. The number of thioether (sulfide) groups is 1. The van der Waals surface area contributed by atoms with Crippen molar-refractivity contribution in [2.45, 2.75) is 11.4 Å². The van der Waals surface area contributed by atoms with Gasteiger partial charge in [-0.25, -0.2) is 4.79 Å². The van der Waals surface area contributed by atoms with Crippen LogP contribution in [0, 0.1) is 10.1 Å². The molecule has 1 aliphatic rings. The maximum atomic E-state index is 10.8. The van der Waals surface area contributed by atoms with Crippen molar-refractivity contribution < 1.29 is 14.8 Å². The Morgan fingerprint density at radius 2 is 2.24 bits per heavy atom. The number of hydrogen-bond acceptors (Lipinski definition) is 5. The quantitative estimate of drug-likeness (QED) is 0.625. The summed E-state index contributed by atoms with van der Waals surface area (Å²) in [5, 5.41) is 21.9. The van der Waals surface area contributed by atoms with E-state index in [1.165, 1.54) is 17.8 Å². The van der Waals surface area contributed by atoms with Gasteiger partial charge in [0.1, 0.15) is 0 Å². The highest BCUT2D eigenvalue weighted by Crippen LogP contribution is 2.33. The first-order valence-corrected chi connectivity index (χ1v) is 5.98. The minimum absolute atomic E-state index is 0.0247. The van der Waals surface area contributed by atoms with Crippen molar-refractivity contribution in [1.82, 2.24) is 5.32 Å². The number of rotatable bonds is 3. The number of nitro benzene ring substituents is 1. The first-order valence-electron chi connectivity index (χ1n) is 4.93. The third-order valence-electron chi connectivity index (χ3n) is 2.52. The van der Waals surface area contributed by atoms with Gasteiger partial charge in [0.25, 0.3) is 5.69 Å². The topological polar surface area (TPSA) is 92.5 Å². The Labute approximate surface area is 101 Å². The highest BCUT2D eigenvalue weighted by atomic mass is 32.2. The van der Waals surface area contributed by atoms with E-state index in [9.17, 15) is 14.9 Å². The van der Waals surface area contributed by atoms with Crippen LogP contribution in [0.5, 0.6) is 0 Å². The highest BCUT2D eigenvalue weighted by molar-refractivity contribution is 8.00. The molecule has 17 heavy (non-hydrogen) atoms. The average Bonchev–Trinajstić information content (AvgIpc) is 2.78. The molecule has 1 fully saturated rings. The number of carboxylic acid groups (broad SMARTS) is 1. The van der Waals surface area contributed by atoms with E-state index in [0.29, 0.717) is 11.3 Å². The lowest BCUT2D eigenvalue weighted by Crippen LogP contribution is -2.30. The largest absolute Gasteiger partial charge is 0.479 e. The number of carbonyl (C=O) groups is 1. The molecule has 0 spiro atoms. The molecule has 0 saturated carbocycles. The van der Waals surface area contributed by atoms with Gasteiger partial charge in [0.05, 0.1) is 4.92 Å². The standard InChI is InChI=1S/C10H10N2O4S/c13-10(14)9-11-7(5-17-9)6-3-1-2-4-8(6)12(15)16/h1-4,7,9,11H,5H2,(H,13,14)/t7-,9-/m0/s1. The van der Waals surface area contributed by atoms with Crippen LogP contribution >= 0.6 is 11.8 Å². The van der Waals surface area contributed by atoms with Crippen LogP contribution in [0.3, 0.4) is 0 Å². The van der Waals surface area contributed by atoms with E-state index in [1.54, 1.807) is 18.2 Å². The molecular formula is C10H10N2O4S. The minimum Gasteiger partial charge on any atom is -0.479 e. The molecule has 0 unspecified atom stereocenters. The number of nitrogens with one attached hydrogen (secondary N) is 1. The molecule has 2 N–H and O–H groups in total. The zero-order valence-electron chi connectivity index (χ0n) is 8.70. The molecule has 1 heterocycles. The smallest absolute Gasteiger partial charge is 0.331 e. The van der Waals surface area contributed by atoms with Crippen LogP contribution in [0.1, 0.15) is 11.6 Å². The predicted octanol–water partition coefficient (Wildman–Crippen LogP) is 1.38. The number of para-hydroxylation sites is 1. The molecule has 1 aromatic carbocycles. The highest BCUT2D eigenvalue weighted by Gasteiger charge is 2.33. The molecule has 2 rings (SSSR count). The Morgan fingerprint density at radius 1 is 1.53 bits per heavy atom. The molecule has 0 radical (unpaired) electrons. The van der Waals surface area contributed by atoms with E-state index in [-0.39, 0.29) is 11.7 Å². The van der Waals surface area contributed by atoms with Crippen LogP contribution in [0.15, 0.2) is 24.3 Å². The third-order valence-corrected chi connectivity index (χ3v) is 3.71. The van der Waals surface area contributed by atoms with E-state index in [4.69, 9.17) is 5.11 Å². The lowest BCUT2D eigenvalue weighted by atomic mass is 10.1. The second-order valence-corrected chi connectivity index (χ2v) is 4.72. The number of aliphatic carboxylic acids is 1. The van der Waals surface area contributed by atoms with Gasteiger partial charge in [-0.2, -0.15) is 0 Å². The summed E-state index contributed by atoms with van der Waals surface area (Å²) in [6.45, 7) is 0. The molecule has 0 bridgehead atoms. The van der Waals surface area contributed by atoms with Crippen molar-refractivity contribution >= 4 is 23.4 Å². The summed E-state index contributed by atoms with van der Waals surface area (Å²) in [4.78, 5) is 21.2. The van der Waals surface area contributed by atoms with Gasteiger partial charge in [0.15, 0.2) is 5.37 Å². The second-order valence-electron chi connectivity index (χ2n) is 3.59. The van der Waals surface area contributed by atoms with Gasteiger partial charge in [-0.05, 0) is 0 Å². The maximum Gasteiger partial charge on any atom is 0.331 e. The zero-order valence-corrected chi connectivity index (χ0v) is 9.52. The lowest BCUT2D eigenvalue weighted by molar-refractivity contribution is -0.385. The Bertz CT molecular complexity index is 465. The van der Waals surface area contributed by atoms with Gasteiger partial charge in [0, 0.05) is 23.4 Å². The van der Waals surface area contributed by atoms with Crippen LogP contribution < -0.4 is 5.32 Å². The van der Waals surface area contributed by atoms with Crippen molar-refractivity contribution in [2.24, 2.45) is 0 Å². The summed E-state index contributed by atoms with van der Waals surface area (Å²) in [5.41, 5.74) is 0.561. The van der Waals surface area contributed by atoms with E-state index in [0.717, 1.165) is 0 Å². The molecular weight excluding hydrogens is 244 g/mol. The van der Waals surface area contributed by atoms with Crippen LogP contribution in [0.25, 0.3) is 0 Å². The van der Waals surface area contributed by atoms with Gasteiger partial charge >= 0.3 is 5.97 Å². The Balaban J connectivity index is 2.24. The van der Waals surface area contributed by atoms with Crippen molar-refractivity contribution in [3.63, 3.8) is 0 Å². The summed E-state index contributed by atoms with van der Waals surface area (Å²) < 4.78 is 0. The second kappa shape index (κ2) is 4.72. The number of benzene rings is 1.